The molecule has 1 N–H and O–H groups in total. The first kappa shape index (κ1) is 8.16. The SMILES string of the molecule is Cc1ccn2c(c1)nc1c(=O)[nH]cnc12. The summed E-state index contributed by atoms with van der Waals surface area (Å²) in [5.41, 5.74) is 2.61. The molecule has 3 aromatic rings. The number of nitrogens with one attached hydrogen (secondary N) is 1. The van der Waals surface area contributed by atoms with Crippen LogP contribution in [0.2, 0.25) is 0 Å². The van der Waals surface area contributed by atoms with Gasteiger partial charge in [0.25, 0.3) is 5.56 Å². The maximum Gasteiger partial charge on any atom is 0.278 e. The van der Waals surface area contributed by atoms with Crippen LogP contribution in [0, 0.1) is 6.92 Å². The van der Waals surface area contributed by atoms with Crippen LogP contribution in [-0.2, 0) is 0 Å². The van der Waals surface area contributed by atoms with Gasteiger partial charge in [-0.05, 0) is 24.6 Å². The van der Waals surface area contributed by atoms with E-state index in [-0.39, 0.29) is 5.56 Å². The summed E-state index contributed by atoms with van der Waals surface area (Å²) >= 11 is 0. The van der Waals surface area contributed by atoms with Gasteiger partial charge in [-0.1, -0.05) is 0 Å². The Labute approximate surface area is 84.4 Å². The molecule has 0 radical (unpaired) electrons. The third-order valence-electron chi connectivity index (χ3n) is 2.35. The fraction of sp³-hybridized carbons (Fsp3) is 0.100. The van der Waals surface area contributed by atoms with Crippen molar-refractivity contribution in [2.45, 2.75) is 6.92 Å². The zero-order valence-corrected chi connectivity index (χ0v) is 8.06. The first-order valence-corrected chi connectivity index (χ1v) is 4.58. The lowest BCUT2D eigenvalue weighted by Gasteiger charge is -1.94. The summed E-state index contributed by atoms with van der Waals surface area (Å²) in [6, 6.07) is 3.87. The van der Waals surface area contributed by atoms with Crippen LogP contribution in [-0.4, -0.2) is 19.4 Å². The highest BCUT2D eigenvalue weighted by Crippen LogP contribution is 2.11. The van der Waals surface area contributed by atoms with E-state index in [2.05, 4.69) is 15.0 Å². The highest BCUT2D eigenvalue weighted by atomic mass is 16.1. The summed E-state index contributed by atoms with van der Waals surface area (Å²) in [4.78, 5) is 22.3. The highest BCUT2D eigenvalue weighted by Gasteiger charge is 2.07. The van der Waals surface area contributed by atoms with Crippen LogP contribution in [0.1, 0.15) is 5.56 Å². The van der Waals surface area contributed by atoms with E-state index in [0.29, 0.717) is 11.2 Å². The van der Waals surface area contributed by atoms with Gasteiger partial charge in [0.2, 0.25) is 0 Å². The van der Waals surface area contributed by atoms with Gasteiger partial charge in [-0.25, -0.2) is 9.97 Å². The van der Waals surface area contributed by atoms with Crippen LogP contribution >= 0.6 is 0 Å². The van der Waals surface area contributed by atoms with Crippen LogP contribution in [0.25, 0.3) is 16.8 Å². The molecule has 3 rings (SSSR count). The summed E-state index contributed by atoms with van der Waals surface area (Å²) in [5.74, 6) is 0. The third kappa shape index (κ3) is 1.06. The van der Waals surface area contributed by atoms with E-state index in [1.165, 1.54) is 6.33 Å². The van der Waals surface area contributed by atoms with E-state index >= 15 is 0 Å². The Morgan fingerprint density at radius 2 is 2.33 bits per heavy atom. The van der Waals surface area contributed by atoms with E-state index < -0.39 is 0 Å². The number of rotatable bonds is 0. The molecular formula is C10H8N4O. The first-order chi connectivity index (χ1) is 7.25. The van der Waals surface area contributed by atoms with Crippen molar-refractivity contribution in [1.82, 2.24) is 19.4 Å². The molecule has 0 saturated heterocycles. The molecule has 0 aromatic carbocycles. The average molecular weight is 200 g/mol. The lowest BCUT2D eigenvalue weighted by atomic mass is 10.3. The van der Waals surface area contributed by atoms with Gasteiger partial charge in [0, 0.05) is 6.20 Å². The van der Waals surface area contributed by atoms with Gasteiger partial charge in [-0.15, -0.1) is 0 Å². The molecule has 0 unspecified atom stereocenters. The fourth-order valence-electron chi connectivity index (χ4n) is 1.63. The molecule has 0 amide bonds. The Kier molecular flexibility index (Phi) is 1.45. The molecule has 0 aliphatic rings. The quantitative estimate of drug-likeness (QED) is 0.586. The van der Waals surface area contributed by atoms with Crippen LogP contribution in [0.3, 0.4) is 0 Å². The lowest BCUT2D eigenvalue weighted by molar-refractivity contribution is 1.12. The zero-order chi connectivity index (χ0) is 10.4. The molecular weight excluding hydrogens is 192 g/mol. The second-order valence-corrected chi connectivity index (χ2v) is 3.45. The molecule has 3 heterocycles. The number of H-pyrrole nitrogens is 1. The van der Waals surface area contributed by atoms with E-state index in [9.17, 15) is 4.79 Å². The molecule has 5 heteroatoms. The minimum absolute atomic E-state index is 0.207. The van der Waals surface area contributed by atoms with Crippen molar-refractivity contribution in [1.29, 1.82) is 0 Å². The maximum atomic E-state index is 11.5. The number of hydrogen-bond donors (Lipinski definition) is 1. The van der Waals surface area contributed by atoms with Gasteiger partial charge in [0.15, 0.2) is 11.2 Å². The predicted octanol–water partition coefficient (Wildman–Crippen LogP) is 0.879. The molecule has 0 spiro atoms. The van der Waals surface area contributed by atoms with Crippen molar-refractivity contribution >= 4 is 16.8 Å². The Hall–Kier alpha value is -2.17. The van der Waals surface area contributed by atoms with E-state index in [1.54, 1.807) is 4.40 Å². The Balaban J connectivity index is 2.63. The number of hydrogen-bond acceptors (Lipinski definition) is 3. The van der Waals surface area contributed by atoms with Gasteiger partial charge in [0.05, 0.1) is 6.33 Å². The predicted molar refractivity (Wildman–Crippen MR) is 55.9 cm³/mol. The molecule has 0 atom stereocenters. The largest absolute Gasteiger partial charge is 0.311 e. The lowest BCUT2D eigenvalue weighted by Crippen LogP contribution is -2.06. The second kappa shape index (κ2) is 2.66. The van der Waals surface area contributed by atoms with Crippen LogP contribution < -0.4 is 5.56 Å². The van der Waals surface area contributed by atoms with Crippen molar-refractivity contribution in [3.63, 3.8) is 0 Å². The first-order valence-electron chi connectivity index (χ1n) is 4.58. The van der Waals surface area contributed by atoms with Crippen LogP contribution in [0.15, 0.2) is 29.5 Å². The summed E-state index contributed by atoms with van der Waals surface area (Å²) in [7, 11) is 0. The number of nitrogens with zero attached hydrogens (tertiary/aromatic N) is 3. The molecule has 5 nitrogen and oxygen atoms in total. The summed E-state index contributed by atoms with van der Waals surface area (Å²) in [6.07, 6.45) is 3.26. The van der Waals surface area contributed by atoms with Gasteiger partial charge in [-0.2, -0.15) is 0 Å². The van der Waals surface area contributed by atoms with E-state index in [0.717, 1.165) is 11.2 Å². The second-order valence-electron chi connectivity index (χ2n) is 3.45. The number of imidazole rings is 1. The Bertz CT molecular complexity index is 710. The van der Waals surface area contributed by atoms with Crippen molar-refractivity contribution in [3.8, 4) is 0 Å². The molecule has 0 fully saturated rings. The molecule has 0 bridgehead atoms. The van der Waals surface area contributed by atoms with Crippen molar-refractivity contribution in [3.05, 3.63) is 40.6 Å². The number of fused-ring (bicyclic) bond motifs is 3. The molecule has 0 aliphatic carbocycles. The van der Waals surface area contributed by atoms with Gasteiger partial charge < -0.3 is 4.98 Å². The number of aryl methyl sites for hydroxylation is 1. The standard InChI is InChI=1S/C10H8N4O/c1-6-2-3-14-7(4-6)13-8-9(14)11-5-12-10(8)15/h2-5H,1H3,(H,11,12,15). The number of pyridine rings is 1. The summed E-state index contributed by atoms with van der Waals surface area (Å²) < 4.78 is 1.80. The normalized spacial score (nSPS) is 11.3. The van der Waals surface area contributed by atoms with Crippen molar-refractivity contribution in [2.75, 3.05) is 0 Å². The minimum Gasteiger partial charge on any atom is -0.311 e. The minimum atomic E-state index is -0.207. The average Bonchev–Trinajstić information content (AvgIpc) is 2.57. The molecule has 3 aromatic heterocycles. The van der Waals surface area contributed by atoms with E-state index in [4.69, 9.17) is 0 Å². The Morgan fingerprint density at radius 3 is 3.20 bits per heavy atom. The van der Waals surface area contributed by atoms with E-state index in [1.807, 2.05) is 25.3 Å². The molecule has 0 aliphatic heterocycles. The summed E-state index contributed by atoms with van der Waals surface area (Å²) in [6.45, 7) is 1.98. The topological polar surface area (TPSA) is 63.1 Å². The number of aromatic nitrogens is 4. The van der Waals surface area contributed by atoms with Crippen LogP contribution in [0.4, 0.5) is 0 Å². The monoisotopic (exact) mass is 200 g/mol. The highest BCUT2D eigenvalue weighted by molar-refractivity contribution is 5.75. The van der Waals surface area contributed by atoms with Crippen LogP contribution in [0.5, 0.6) is 0 Å². The number of aromatic amines is 1. The van der Waals surface area contributed by atoms with Gasteiger partial charge in [0.1, 0.15) is 5.65 Å². The van der Waals surface area contributed by atoms with Crippen molar-refractivity contribution in [2.24, 2.45) is 0 Å². The summed E-state index contributed by atoms with van der Waals surface area (Å²) in [5, 5.41) is 0. The third-order valence-corrected chi connectivity index (χ3v) is 2.35. The fourth-order valence-corrected chi connectivity index (χ4v) is 1.63. The van der Waals surface area contributed by atoms with Gasteiger partial charge in [-0.3, -0.25) is 9.20 Å². The molecule has 74 valence electrons. The van der Waals surface area contributed by atoms with Crippen molar-refractivity contribution < 1.29 is 0 Å². The van der Waals surface area contributed by atoms with Gasteiger partial charge >= 0.3 is 0 Å². The zero-order valence-electron chi connectivity index (χ0n) is 8.06. The Morgan fingerprint density at radius 1 is 1.47 bits per heavy atom. The molecule has 0 saturated carbocycles. The molecule has 15 heavy (non-hydrogen) atoms. The smallest absolute Gasteiger partial charge is 0.278 e. The maximum absolute atomic E-state index is 11.5.